The Morgan fingerprint density at radius 3 is 2.79 bits per heavy atom. The van der Waals surface area contributed by atoms with E-state index in [0.717, 1.165) is 21.8 Å². The van der Waals surface area contributed by atoms with Crippen molar-refractivity contribution < 1.29 is 19.1 Å². The number of rotatable bonds is 6. The summed E-state index contributed by atoms with van der Waals surface area (Å²) >= 11 is 2.73. The number of hydrogen-bond acceptors (Lipinski definition) is 7. The smallest absolute Gasteiger partial charge is 0.343 e. The van der Waals surface area contributed by atoms with Gasteiger partial charge in [0.25, 0.3) is 0 Å². The molecule has 2 amide bonds. The van der Waals surface area contributed by atoms with E-state index < -0.39 is 10.8 Å². The molecule has 0 bridgehead atoms. The molecule has 2 aromatic carbocycles. The number of fused-ring (bicyclic) bond motifs is 3. The van der Waals surface area contributed by atoms with Gasteiger partial charge in [-0.15, -0.1) is 11.3 Å². The molecule has 0 spiro atoms. The van der Waals surface area contributed by atoms with E-state index in [1.807, 2.05) is 55.5 Å². The summed E-state index contributed by atoms with van der Waals surface area (Å²) in [5.41, 5.74) is 3.20. The van der Waals surface area contributed by atoms with Gasteiger partial charge in [-0.25, -0.2) is 9.78 Å². The highest BCUT2D eigenvalue weighted by atomic mass is 32.2. The second-order valence-electron chi connectivity index (χ2n) is 7.98. The van der Waals surface area contributed by atoms with Gasteiger partial charge in [0, 0.05) is 28.8 Å². The van der Waals surface area contributed by atoms with Crippen LogP contribution in [0.4, 0.5) is 11.4 Å². The number of nitrogens with zero attached hydrogens (tertiary/aromatic N) is 2. The Bertz CT molecular complexity index is 1240. The molecule has 0 aliphatic carbocycles. The lowest BCUT2D eigenvalue weighted by Gasteiger charge is -2.28. The van der Waals surface area contributed by atoms with Gasteiger partial charge in [0.2, 0.25) is 11.8 Å². The van der Waals surface area contributed by atoms with E-state index in [1.54, 1.807) is 10.3 Å². The number of amides is 2. The van der Waals surface area contributed by atoms with E-state index in [4.69, 9.17) is 4.74 Å². The Morgan fingerprint density at radius 1 is 1.18 bits per heavy atom. The quantitative estimate of drug-likeness (QED) is 0.530. The van der Waals surface area contributed by atoms with E-state index in [9.17, 15) is 14.4 Å². The molecule has 1 fully saturated rings. The molecule has 7 nitrogen and oxygen atoms in total. The molecule has 3 heterocycles. The Labute approximate surface area is 199 Å². The molecular weight excluding hydrogens is 458 g/mol. The average molecular weight is 480 g/mol. The maximum absolute atomic E-state index is 13.1. The average Bonchev–Trinajstić information content (AvgIpc) is 3.48. The largest absolute Gasteiger partial charge is 0.457 e. The number of para-hydroxylation sites is 1. The van der Waals surface area contributed by atoms with Crippen LogP contribution in [0.1, 0.15) is 29.1 Å². The standard InChI is InChI=1S/C24H21N3O4S2/c1-15-6-8-16(9-7-15)25-20(28)12-21-26-17(14-32-21)13-31-23(30)24-11-10-22(29)27(24)18-4-2-3-5-19(18)33-24/h2-9,14H,10-13H2,1H3,(H,25,28). The number of aryl methyl sites for hydroxylation is 1. The van der Waals surface area contributed by atoms with Crippen LogP contribution in [0.15, 0.2) is 58.8 Å². The van der Waals surface area contributed by atoms with Crippen molar-refractivity contribution in [3.8, 4) is 0 Å². The fourth-order valence-corrected chi connectivity index (χ4v) is 6.19. The highest BCUT2D eigenvalue weighted by molar-refractivity contribution is 8.02. The maximum atomic E-state index is 13.1. The second kappa shape index (κ2) is 8.64. The van der Waals surface area contributed by atoms with E-state index in [-0.39, 0.29) is 24.8 Å². The van der Waals surface area contributed by atoms with Gasteiger partial charge in [-0.1, -0.05) is 41.6 Å². The Morgan fingerprint density at radius 2 is 1.97 bits per heavy atom. The molecule has 1 unspecified atom stereocenters. The molecule has 5 rings (SSSR count). The first-order valence-electron chi connectivity index (χ1n) is 10.5. The summed E-state index contributed by atoms with van der Waals surface area (Å²) in [5, 5.41) is 5.28. The SMILES string of the molecule is Cc1ccc(NC(=O)Cc2nc(COC(=O)C34CCC(=O)N3c3ccccc3S4)cs2)cc1. The fourth-order valence-electron chi connectivity index (χ4n) is 4.00. The number of thiazole rings is 1. The molecule has 1 aromatic heterocycles. The van der Waals surface area contributed by atoms with Crippen LogP contribution in [0.5, 0.6) is 0 Å². The second-order valence-corrected chi connectivity index (χ2v) is 10.2. The molecule has 3 aromatic rings. The predicted octanol–water partition coefficient (Wildman–Crippen LogP) is 4.30. The van der Waals surface area contributed by atoms with Crippen molar-refractivity contribution in [2.45, 2.75) is 42.6 Å². The van der Waals surface area contributed by atoms with Crippen molar-refractivity contribution in [3.63, 3.8) is 0 Å². The first kappa shape index (κ1) is 21.7. The maximum Gasteiger partial charge on any atom is 0.343 e. The van der Waals surface area contributed by atoms with Crippen molar-refractivity contribution in [2.24, 2.45) is 0 Å². The number of anilines is 2. The lowest BCUT2D eigenvalue weighted by molar-refractivity contribution is -0.148. The summed E-state index contributed by atoms with van der Waals surface area (Å²) in [6.07, 6.45) is 0.864. The van der Waals surface area contributed by atoms with Crippen LogP contribution in [-0.2, 0) is 32.1 Å². The number of aromatic nitrogens is 1. The van der Waals surface area contributed by atoms with Gasteiger partial charge in [-0.05, 0) is 31.2 Å². The van der Waals surface area contributed by atoms with Gasteiger partial charge in [0.05, 0.1) is 17.8 Å². The molecule has 9 heteroatoms. The Hall–Kier alpha value is -3.17. The van der Waals surface area contributed by atoms with Crippen LogP contribution in [0.2, 0.25) is 0 Å². The molecule has 1 N–H and O–H groups in total. The van der Waals surface area contributed by atoms with Gasteiger partial charge < -0.3 is 10.1 Å². The van der Waals surface area contributed by atoms with Crippen molar-refractivity contribution >= 4 is 52.3 Å². The lowest BCUT2D eigenvalue weighted by Crippen LogP contribution is -2.47. The number of ether oxygens (including phenoxy) is 1. The number of benzene rings is 2. The van der Waals surface area contributed by atoms with Crippen LogP contribution in [-0.4, -0.2) is 27.6 Å². The number of esters is 1. The minimum atomic E-state index is -1.05. The van der Waals surface area contributed by atoms with Crippen molar-refractivity contribution in [3.05, 3.63) is 70.2 Å². The molecule has 33 heavy (non-hydrogen) atoms. The predicted molar refractivity (Wildman–Crippen MR) is 127 cm³/mol. The number of nitrogens with one attached hydrogen (secondary N) is 1. The molecule has 0 saturated carbocycles. The molecule has 168 valence electrons. The van der Waals surface area contributed by atoms with Crippen molar-refractivity contribution in [1.29, 1.82) is 0 Å². The Balaban J connectivity index is 1.20. The van der Waals surface area contributed by atoms with Gasteiger partial charge in [-0.3, -0.25) is 14.5 Å². The zero-order valence-electron chi connectivity index (χ0n) is 17.9. The molecule has 2 aliphatic rings. The van der Waals surface area contributed by atoms with E-state index >= 15 is 0 Å². The van der Waals surface area contributed by atoms with Gasteiger partial charge in [0.1, 0.15) is 11.6 Å². The zero-order valence-corrected chi connectivity index (χ0v) is 19.5. The summed E-state index contributed by atoms with van der Waals surface area (Å²) in [6.45, 7) is 1.98. The van der Waals surface area contributed by atoms with Gasteiger partial charge >= 0.3 is 5.97 Å². The highest BCUT2D eigenvalue weighted by Gasteiger charge is 2.58. The number of thioether (sulfide) groups is 1. The van der Waals surface area contributed by atoms with Crippen LogP contribution in [0.25, 0.3) is 0 Å². The summed E-state index contributed by atoms with van der Waals surface area (Å²) in [4.78, 5) is 43.8. The molecular formula is C24H21N3O4S2. The highest BCUT2D eigenvalue weighted by Crippen LogP contribution is 2.56. The van der Waals surface area contributed by atoms with E-state index in [1.165, 1.54) is 23.1 Å². The molecule has 1 atom stereocenters. The summed E-state index contributed by atoms with van der Waals surface area (Å²) < 4.78 is 5.61. The third-order valence-corrected chi connectivity index (χ3v) is 7.94. The topological polar surface area (TPSA) is 88.6 Å². The van der Waals surface area contributed by atoms with E-state index in [0.29, 0.717) is 23.5 Å². The van der Waals surface area contributed by atoms with Crippen molar-refractivity contribution in [2.75, 3.05) is 10.2 Å². The van der Waals surface area contributed by atoms with Crippen LogP contribution < -0.4 is 10.2 Å². The van der Waals surface area contributed by atoms with Crippen LogP contribution >= 0.6 is 23.1 Å². The molecule has 2 aliphatic heterocycles. The monoisotopic (exact) mass is 479 g/mol. The zero-order chi connectivity index (χ0) is 23.0. The normalized spacial score (nSPS) is 18.7. The number of hydrogen-bond donors (Lipinski definition) is 1. The van der Waals surface area contributed by atoms with Crippen molar-refractivity contribution in [1.82, 2.24) is 4.98 Å². The first-order chi connectivity index (χ1) is 15.9. The first-order valence-corrected chi connectivity index (χ1v) is 12.2. The van der Waals surface area contributed by atoms with Crippen LogP contribution in [0, 0.1) is 6.92 Å². The van der Waals surface area contributed by atoms with E-state index in [2.05, 4.69) is 10.3 Å². The fraction of sp³-hybridized carbons (Fsp3) is 0.250. The van der Waals surface area contributed by atoms with Crippen LogP contribution in [0.3, 0.4) is 0 Å². The van der Waals surface area contributed by atoms with Gasteiger partial charge in [0.15, 0.2) is 4.87 Å². The summed E-state index contributed by atoms with van der Waals surface area (Å²) in [6, 6.07) is 15.1. The minimum Gasteiger partial charge on any atom is -0.457 e. The minimum absolute atomic E-state index is 0.00436. The summed E-state index contributed by atoms with van der Waals surface area (Å²) in [5.74, 6) is -0.669. The molecule has 1 saturated heterocycles. The summed E-state index contributed by atoms with van der Waals surface area (Å²) in [7, 11) is 0. The molecule has 0 radical (unpaired) electrons. The lowest BCUT2D eigenvalue weighted by atomic mass is 10.2. The third kappa shape index (κ3) is 4.14. The number of carbonyl (C=O) groups excluding carboxylic acids is 3. The number of carbonyl (C=O) groups is 3. The Kier molecular flexibility index (Phi) is 5.67. The van der Waals surface area contributed by atoms with Gasteiger partial charge in [-0.2, -0.15) is 0 Å². The third-order valence-electron chi connectivity index (χ3n) is 5.59.